The highest BCUT2D eigenvalue weighted by atomic mass is 32.1. The summed E-state index contributed by atoms with van der Waals surface area (Å²) in [6, 6.07) is 0. The SMILES string of the molecule is Cc1nnc(-c2nc(N3CCC(C(=O)O)CC3)ncc2F)s1. The van der Waals surface area contributed by atoms with Gasteiger partial charge < -0.3 is 10.0 Å². The molecule has 3 heterocycles. The van der Waals surface area contributed by atoms with Crippen LogP contribution >= 0.6 is 11.3 Å². The zero-order valence-electron chi connectivity index (χ0n) is 11.9. The second kappa shape index (κ2) is 5.91. The number of anilines is 1. The van der Waals surface area contributed by atoms with Gasteiger partial charge in [0.25, 0.3) is 0 Å². The fraction of sp³-hybridized carbons (Fsp3) is 0.462. The molecule has 0 atom stereocenters. The molecule has 1 saturated heterocycles. The molecule has 0 bridgehead atoms. The Hall–Kier alpha value is -2.16. The molecule has 1 aliphatic rings. The summed E-state index contributed by atoms with van der Waals surface area (Å²) >= 11 is 1.27. The number of halogens is 1. The highest BCUT2D eigenvalue weighted by Crippen LogP contribution is 2.27. The number of carboxylic acid groups (broad SMARTS) is 1. The Labute approximate surface area is 129 Å². The van der Waals surface area contributed by atoms with E-state index in [-0.39, 0.29) is 11.6 Å². The lowest BCUT2D eigenvalue weighted by atomic mass is 9.97. The Balaban J connectivity index is 1.82. The summed E-state index contributed by atoms with van der Waals surface area (Å²) < 4.78 is 13.9. The summed E-state index contributed by atoms with van der Waals surface area (Å²) in [7, 11) is 0. The van der Waals surface area contributed by atoms with Gasteiger partial charge in [0.15, 0.2) is 10.8 Å². The Morgan fingerprint density at radius 1 is 1.41 bits per heavy atom. The van der Waals surface area contributed by atoms with Crippen molar-refractivity contribution in [3.05, 3.63) is 17.0 Å². The number of carboxylic acids is 1. The van der Waals surface area contributed by atoms with Crippen molar-refractivity contribution in [1.29, 1.82) is 0 Å². The molecule has 116 valence electrons. The lowest BCUT2D eigenvalue weighted by Crippen LogP contribution is -2.37. The van der Waals surface area contributed by atoms with Gasteiger partial charge in [-0.1, -0.05) is 11.3 Å². The van der Waals surface area contributed by atoms with Crippen LogP contribution in [-0.4, -0.2) is 44.3 Å². The molecule has 2 aromatic rings. The van der Waals surface area contributed by atoms with Crippen LogP contribution in [0.15, 0.2) is 6.20 Å². The van der Waals surface area contributed by atoms with Crippen LogP contribution in [-0.2, 0) is 4.79 Å². The van der Waals surface area contributed by atoms with Crippen molar-refractivity contribution >= 4 is 23.3 Å². The molecule has 22 heavy (non-hydrogen) atoms. The number of aryl methyl sites for hydroxylation is 1. The lowest BCUT2D eigenvalue weighted by Gasteiger charge is -2.30. The van der Waals surface area contributed by atoms with E-state index in [0.29, 0.717) is 36.9 Å². The third-order valence-corrected chi connectivity index (χ3v) is 4.43. The van der Waals surface area contributed by atoms with E-state index in [9.17, 15) is 9.18 Å². The van der Waals surface area contributed by atoms with Crippen LogP contribution in [0.5, 0.6) is 0 Å². The molecule has 0 radical (unpaired) electrons. The summed E-state index contributed by atoms with van der Waals surface area (Å²) in [5.74, 6) is -1.25. The van der Waals surface area contributed by atoms with Crippen molar-refractivity contribution < 1.29 is 14.3 Å². The van der Waals surface area contributed by atoms with E-state index in [2.05, 4.69) is 20.2 Å². The van der Waals surface area contributed by atoms with Gasteiger partial charge in [0.05, 0.1) is 12.1 Å². The number of hydrogen-bond acceptors (Lipinski definition) is 7. The molecule has 2 aromatic heterocycles. The van der Waals surface area contributed by atoms with E-state index in [1.54, 1.807) is 6.92 Å². The molecule has 0 amide bonds. The van der Waals surface area contributed by atoms with Crippen molar-refractivity contribution in [3.63, 3.8) is 0 Å². The quantitative estimate of drug-likeness (QED) is 0.919. The molecule has 1 fully saturated rings. The molecule has 3 rings (SSSR count). The Morgan fingerprint density at radius 3 is 2.73 bits per heavy atom. The van der Waals surface area contributed by atoms with E-state index in [4.69, 9.17) is 5.11 Å². The first-order chi connectivity index (χ1) is 10.5. The standard InChI is InChI=1S/C13H14FN5O2S/c1-7-17-18-11(22-7)10-9(14)6-15-13(16-10)19-4-2-8(3-5-19)12(20)21/h6,8H,2-5H2,1H3,(H,20,21). The minimum absolute atomic E-state index is 0.135. The van der Waals surface area contributed by atoms with Crippen LogP contribution in [0.4, 0.5) is 10.3 Å². The fourth-order valence-corrected chi connectivity index (χ4v) is 3.06. The summed E-state index contributed by atoms with van der Waals surface area (Å²) in [6.07, 6.45) is 2.18. The first kappa shape index (κ1) is 14.8. The minimum Gasteiger partial charge on any atom is -0.481 e. The molecule has 0 spiro atoms. The number of hydrogen-bond donors (Lipinski definition) is 1. The van der Waals surface area contributed by atoms with E-state index >= 15 is 0 Å². The van der Waals surface area contributed by atoms with Crippen molar-refractivity contribution in [1.82, 2.24) is 20.2 Å². The molecular weight excluding hydrogens is 309 g/mol. The topological polar surface area (TPSA) is 92.1 Å². The lowest BCUT2D eigenvalue weighted by molar-refractivity contribution is -0.142. The van der Waals surface area contributed by atoms with Crippen molar-refractivity contribution in [2.24, 2.45) is 5.92 Å². The van der Waals surface area contributed by atoms with Gasteiger partial charge >= 0.3 is 5.97 Å². The number of carbonyl (C=O) groups is 1. The molecule has 9 heteroatoms. The van der Waals surface area contributed by atoms with E-state index in [0.717, 1.165) is 11.2 Å². The number of aliphatic carboxylic acids is 1. The predicted molar refractivity (Wildman–Crippen MR) is 78.2 cm³/mol. The van der Waals surface area contributed by atoms with Gasteiger partial charge in [-0.05, 0) is 19.8 Å². The Morgan fingerprint density at radius 2 is 2.14 bits per heavy atom. The summed E-state index contributed by atoms with van der Waals surface area (Å²) in [4.78, 5) is 21.1. The van der Waals surface area contributed by atoms with Crippen LogP contribution in [0, 0.1) is 18.7 Å². The Kier molecular flexibility index (Phi) is 3.97. The fourth-order valence-electron chi connectivity index (χ4n) is 2.38. The number of nitrogens with zero attached hydrogens (tertiary/aromatic N) is 5. The van der Waals surface area contributed by atoms with Crippen LogP contribution in [0.3, 0.4) is 0 Å². The zero-order valence-corrected chi connectivity index (χ0v) is 12.7. The van der Waals surface area contributed by atoms with Gasteiger partial charge in [-0.25, -0.2) is 14.4 Å². The van der Waals surface area contributed by atoms with Crippen LogP contribution < -0.4 is 4.90 Å². The van der Waals surface area contributed by atoms with Gasteiger partial charge in [-0.3, -0.25) is 4.79 Å². The largest absolute Gasteiger partial charge is 0.481 e. The van der Waals surface area contributed by atoms with Crippen molar-refractivity contribution in [2.45, 2.75) is 19.8 Å². The highest BCUT2D eigenvalue weighted by Gasteiger charge is 2.26. The number of piperidine rings is 1. The Bertz CT molecular complexity index is 699. The van der Waals surface area contributed by atoms with E-state index in [1.165, 1.54) is 11.3 Å². The normalized spacial score (nSPS) is 16.0. The molecular formula is C13H14FN5O2S. The molecule has 0 aliphatic carbocycles. The first-order valence-electron chi connectivity index (χ1n) is 6.85. The maximum atomic E-state index is 13.9. The van der Waals surface area contributed by atoms with Crippen LogP contribution in [0.1, 0.15) is 17.8 Å². The third-order valence-electron chi connectivity index (χ3n) is 3.59. The average Bonchev–Trinajstić information content (AvgIpc) is 2.94. The molecule has 0 saturated carbocycles. The average molecular weight is 323 g/mol. The van der Waals surface area contributed by atoms with Gasteiger partial charge in [-0.15, -0.1) is 10.2 Å². The molecule has 1 N–H and O–H groups in total. The number of aromatic nitrogens is 4. The highest BCUT2D eigenvalue weighted by molar-refractivity contribution is 7.14. The predicted octanol–water partition coefficient (Wildman–Crippen LogP) is 1.74. The van der Waals surface area contributed by atoms with Crippen molar-refractivity contribution in [2.75, 3.05) is 18.0 Å². The van der Waals surface area contributed by atoms with Gasteiger partial charge in [0, 0.05) is 13.1 Å². The summed E-state index contributed by atoms with van der Waals surface area (Å²) in [5.41, 5.74) is 0.135. The third kappa shape index (κ3) is 2.89. The molecule has 0 unspecified atom stereocenters. The van der Waals surface area contributed by atoms with Gasteiger partial charge in [-0.2, -0.15) is 0 Å². The maximum absolute atomic E-state index is 13.9. The second-order valence-electron chi connectivity index (χ2n) is 5.09. The monoisotopic (exact) mass is 323 g/mol. The second-order valence-corrected chi connectivity index (χ2v) is 6.27. The van der Waals surface area contributed by atoms with Gasteiger partial charge in [0.2, 0.25) is 5.95 Å². The van der Waals surface area contributed by atoms with E-state index in [1.807, 2.05) is 4.90 Å². The first-order valence-corrected chi connectivity index (χ1v) is 7.67. The van der Waals surface area contributed by atoms with Crippen LogP contribution in [0.25, 0.3) is 10.7 Å². The number of rotatable bonds is 3. The smallest absolute Gasteiger partial charge is 0.306 e. The van der Waals surface area contributed by atoms with Gasteiger partial charge in [0.1, 0.15) is 10.7 Å². The summed E-state index contributed by atoms with van der Waals surface area (Å²) in [6.45, 7) is 2.87. The molecule has 7 nitrogen and oxygen atoms in total. The van der Waals surface area contributed by atoms with Crippen molar-refractivity contribution in [3.8, 4) is 10.7 Å². The minimum atomic E-state index is -0.773. The maximum Gasteiger partial charge on any atom is 0.306 e. The molecule has 0 aromatic carbocycles. The summed E-state index contributed by atoms with van der Waals surface area (Å²) in [5, 5.41) is 17.9. The zero-order chi connectivity index (χ0) is 15.7. The molecule has 1 aliphatic heterocycles. The van der Waals surface area contributed by atoms with Crippen LogP contribution in [0.2, 0.25) is 0 Å². The van der Waals surface area contributed by atoms with E-state index < -0.39 is 11.8 Å².